The summed E-state index contributed by atoms with van der Waals surface area (Å²) in [5.41, 5.74) is 2.41. The molecule has 0 radical (unpaired) electrons. The molecule has 0 aliphatic carbocycles. The fourth-order valence-electron chi connectivity index (χ4n) is 2.33. The molecule has 3 heteroatoms. The molecule has 1 N–H and O–H groups in total. The molecule has 1 aliphatic rings. The summed E-state index contributed by atoms with van der Waals surface area (Å²) < 4.78 is 0. The Labute approximate surface area is 103 Å². The van der Waals surface area contributed by atoms with E-state index in [1.54, 1.807) is 0 Å². The molecule has 92 valence electrons. The molecule has 1 fully saturated rings. The summed E-state index contributed by atoms with van der Waals surface area (Å²) in [4.78, 5) is 13.9. The molecular weight excluding hydrogens is 212 g/mol. The minimum absolute atomic E-state index is 0.0392. The van der Waals surface area contributed by atoms with Crippen molar-refractivity contribution in [3.05, 3.63) is 35.4 Å². The van der Waals surface area contributed by atoms with Crippen LogP contribution in [0.25, 0.3) is 0 Å². The average Bonchev–Trinajstić information content (AvgIpc) is 2.70. The van der Waals surface area contributed by atoms with Crippen molar-refractivity contribution in [2.24, 2.45) is 0 Å². The van der Waals surface area contributed by atoms with E-state index in [0.717, 1.165) is 6.42 Å². The van der Waals surface area contributed by atoms with E-state index < -0.39 is 0 Å². The van der Waals surface area contributed by atoms with Crippen LogP contribution in [0.15, 0.2) is 24.3 Å². The highest BCUT2D eigenvalue weighted by atomic mass is 16.2. The van der Waals surface area contributed by atoms with Gasteiger partial charge >= 0.3 is 0 Å². The molecule has 2 rings (SSSR count). The first-order valence-electron chi connectivity index (χ1n) is 6.24. The molecule has 1 aliphatic heterocycles. The minimum atomic E-state index is 0.0392. The highest BCUT2D eigenvalue weighted by molar-refractivity contribution is 5.81. The molecule has 1 heterocycles. The first kappa shape index (κ1) is 12.1. The Bertz CT molecular complexity index is 416. The van der Waals surface area contributed by atoms with E-state index in [-0.39, 0.29) is 18.1 Å². The van der Waals surface area contributed by atoms with Crippen molar-refractivity contribution in [2.75, 3.05) is 6.54 Å². The van der Waals surface area contributed by atoms with Crippen LogP contribution in [0.4, 0.5) is 0 Å². The zero-order chi connectivity index (χ0) is 12.4. The third-order valence-electron chi connectivity index (χ3n) is 3.44. The van der Waals surface area contributed by atoms with Gasteiger partial charge in [-0.2, -0.15) is 0 Å². The van der Waals surface area contributed by atoms with Crippen molar-refractivity contribution < 1.29 is 4.79 Å². The number of carbonyl (C=O) groups is 1. The Balaban J connectivity index is 2.28. The smallest absolute Gasteiger partial charge is 0.238 e. The van der Waals surface area contributed by atoms with Crippen LogP contribution >= 0.6 is 0 Å². The van der Waals surface area contributed by atoms with Gasteiger partial charge in [0.1, 0.15) is 6.17 Å². The number of hydrogen-bond donors (Lipinski definition) is 1. The zero-order valence-electron chi connectivity index (χ0n) is 10.7. The third kappa shape index (κ3) is 2.34. The Morgan fingerprint density at radius 2 is 2.29 bits per heavy atom. The Morgan fingerprint density at radius 3 is 2.94 bits per heavy atom. The van der Waals surface area contributed by atoms with Gasteiger partial charge in [0, 0.05) is 6.04 Å². The SMILES string of the molecule is CCC(C)N1C(=O)CNC1c1cccc(C)c1. The summed E-state index contributed by atoms with van der Waals surface area (Å²) in [6.45, 7) is 6.74. The monoisotopic (exact) mass is 232 g/mol. The molecule has 1 saturated heterocycles. The van der Waals surface area contributed by atoms with Gasteiger partial charge in [-0.1, -0.05) is 36.8 Å². The number of rotatable bonds is 3. The van der Waals surface area contributed by atoms with Crippen LogP contribution < -0.4 is 5.32 Å². The van der Waals surface area contributed by atoms with Crippen molar-refractivity contribution in [3.8, 4) is 0 Å². The standard InChI is InChI=1S/C14H20N2O/c1-4-11(3)16-13(17)9-15-14(16)12-7-5-6-10(2)8-12/h5-8,11,14-15H,4,9H2,1-3H3. The molecular formula is C14H20N2O. The number of aryl methyl sites for hydroxylation is 1. The largest absolute Gasteiger partial charge is 0.319 e. The Kier molecular flexibility index (Phi) is 3.48. The lowest BCUT2D eigenvalue weighted by atomic mass is 10.1. The van der Waals surface area contributed by atoms with Crippen LogP contribution in [-0.4, -0.2) is 23.4 Å². The summed E-state index contributed by atoms with van der Waals surface area (Å²) in [5, 5.41) is 3.29. The van der Waals surface area contributed by atoms with E-state index >= 15 is 0 Å². The highest BCUT2D eigenvalue weighted by Gasteiger charge is 2.34. The second-order valence-corrected chi connectivity index (χ2v) is 4.76. The van der Waals surface area contributed by atoms with Gasteiger partial charge in [0.2, 0.25) is 5.91 Å². The summed E-state index contributed by atoms with van der Waals surface area (Å²) in [6, 6.07) is 8.63. The summed E-state index contributed by atoms with van der Waals surface area (Å²) in [7, 11) is 0. The average molecular weight is 232 g/mol. The van der Waals surface area contributed by atoms with Gasteiger partial charge in [-0.25, -0.2) is 0 Å². The van der Waals surface area contributed by atoms with Crippen molar-refractivity contribution in [3.63, 3.8) is 0 Å². The molecule has 3 nitrogen and oxygen atoms in total. The van der Waals surface area contributed by atoms with Gasteiger partial charge in [0.15, 0.2) is 0 Å². The third-order valence-corrected chi connectivity index (χ3v) is 3.44. The van der Waals surface area contributed by atoms with Crippen LogP contribution in [0.1, 0.15) is 37.6 Å². The summed E-state index contributed by atoms with van der Waals surface area (Å²) in [5.74, 6) is 0.200. The lowest BCUT2D eigenvalue weighted by Gasteiger charge is -2.30. The Hall–Kier alpha value is -1.35. The number of nitrogens with one attached hydrogen (secondary N) is 1. The van der Waals surface area contributed by atoms with Gasteiger partial charge in [-0.05, 0) is 25.8 Å². The lowest BCUT2D eigenvalue weighted by molar-refractivity contribution is -0.130. The van der Waals surface area contributed by atoms with Gasteiger partial charge in [-0.3, -0.25) is 10.1 Å². The van der Waals surface area contributed by atoms with Crippen molar-refractivity contribution in [1.82, 2.24) is 10.2 Å². The van der Waals surface area contributed by atoms with E-state index in [0.29, 0.717) is 6.54 Å². The van der Waals surface area contributed by atoms with Crippen LogP contribution in [0.2, 0.25) is 0 Å². The topological polar surface area (TPSA) is 32.3 Å². The molecule has 2 unspecified atom stereocenters. The van der Waals surface area contributed by atoms with Gasteiger partial charge in [0.05, 0.1) is 6.54 Å². The van der Waals surface area contributed by atoms with E-state index in [1.807, 2.05) is 11.0 Å². The fraction of sp³-hybridized carbons (Fsp3) is 0.500. The van der Waals surface area contributed by atoms with Gasteiger partial charge in [-0.15, -0.1) is 0 Å². The molecule has 0 saturated carbocycles. The van der Waals surface area contributed by atoms with Crippen LogP contribution in [-0.2, 0) is 4.79 Å². The molecule has 17 heavy (non-hydrogen) atoms. The van der Waals surface area contributed by atoms with Gasteiger partial charge in [0.25, 0.3) is 0 Å². The minimum Gasteiger partial charge on any atom is -0.319 e. The van der Waals surface area contributed by atoms with Crippen molar-refractivity contribution >= 4 is 5.91 Å². The number of hydrogen-bond acceptors (Lipinski definition) is 2. The molecule has 1 aromatic carbocycles. The van der Waals surface area contributed by atoms with E-state index in [4.69, 9.17) is 0 Å². The molecule has 1 aromatic rings. The number of amides is 1. The lowest BCUT2D eigenvalue weighted by Crippen LogP contribution is -2.37. The predicted molar refractivity (Wildman–Crippen MR) is 68.5 cm³/mol. The zero-order valence-corrected chi connectivity index (χ0v) is 10.7. The quantitative estimate of drug-likeness (QED) is 0.866. The maximum Gasteiger partial charge on any atom is 0.238 e. The maximum absolute atomic E-state index is 11.9. The van der Waals surface area contributed by atoms with Crippen LogP contribution in [0.3, 0.4) is 0 Å². The van der Waals surface area contributed by atoms with Crippen molar-refractivity contribution in [1.29, 1.82) is 0 Å². The van der Waals surface area contributed by atoms with Crippen LogP contribution in [0, 0.1) is 6.92 Å². The summed E-state index contributed by atoms with van der Waals surface area (Å²) >= 11 is 0. The van der Waals surface area contributed by atoms with Gasteiger partial charge < -0.3 is 4.90 Å². The van der Waals surface area contributed by atoms with Crippen LogP contribution in [0.5, 0.6) is 0 Å². The maximum atomic E-state index is 11.9. The molecule has 0 spiro atoms. The normalized spacial score (nSPS) is 21.9. The van der Waals surface area contributed by atoms with E-state index in [9.17, 15) is 4.79 Å². The fourth-order valence-corrected chi connectivity index (χ4v) is 2.33. The summed E-state index contributed by atoms with van der Waals surface area (Å²) in [6.07, 6.45) is 1.02. The molecule has 1 amide bonds. The number of benzene rings is 1. The first-order valence-corrected chi connectivity index (χ1v) is 6.24. The Morgan fingerprint density at radius 1 is 1.53 bits per heavy atom. The first-order chi connectivity index (χ1) is 8.13. The molecule has 2 atom stereocenters. The van der Waals surface area contributed by atoms with Crippen molar-refractivity contribution in [2.45, 2.75) is 39.4 Å². The van der Waals surface area contributed by atoms with E-state index in [2.05, 4.69) is 44.3 Å². The predicted octanol–water partition coefficient (Wildman–Crippen LogP) is 2.22. The molecule has 0 bridgehead atoms. The second kappa shape index (κ2) is 4.88. The number of carbonyl (C=O) groups excluding carboxylic acids is 1. The second-order valence-electron chi connectivity index (χ2n) is 4.76. The van der Waals surface area contributed by atoms with E-state index in [1.165, 1.54) is 11.1 Å². The molecule has 0 aromatic heterocycles. The number of nitrogens with zero attached hydrogens (tertiary/aromatic N) is 1. The highest BCUT2D eigenvalue weighted by Crippen LogP contribution is 2.26.